The average molecular weight is 267 g/mol. The first kappa shape index (κ1) is 10.2. The van der Waals surface area contributed by atoms with E-state index < -0.39 is 0 Å². The van der Waals surface area contributed by atoms with Crippen molar-refractivity contribution >= 4 is 32.5 Å². The minimum Gasteiger partial charge on any atom is -0.378 e. The lowest BCUT2D eigenvalue weighted by molar-refractivity contribution is 1.13. The fourth-order valence-electron chi connectivity index (χ4n) is 1.46. The molecule has 0 saturated heterocycles. The van der Waals surface area contributed by atoms with Gasteiger partial charge in [0.05, 0.1) is 4.47 Å². The highest BCUT2D eigenvalue weighted by Crippen LogP contribution is 2.18. The lowest BCUT2D eigenvalue weighted by Crippen LogP contribution is -2.10. The van der Waals surface area contributed by atoms with Crippen LogP contribution in [0.15, 0.2) is 33.7 Å². The summed E-state index contributed by atoms with van der Waals surface area (Å²) in [5, 5.41) is 0.704. The van der Waals surface area contributed by atoms with Crippen molar-refractivity contribution in [3.63, 3.8) is 0 Å². The second kappa shape index (κ2) is 3.70. The number of aromatic nitrogens is 1. The number of benzene rings is 1. The van der Waals surface area contributed by atoms with Crippen molar-refractivity contribution in [2.45, 2.75) is 0 Å². The van der Waals surface area contributed by atoms with Crippen LogP contribution in [-0.4, -0.2) is 19.1 Å². The van der Waals surface area contributed by atoms with Crippen molar-refractivity contribution in [1.29, 1.82) is 0 Å². The van der Waals surface area contributed by atoms with Crippen molar-refractivity contribution < 1.29 is 0 Å². The standard InChI is InChI=1S/C11H11BrN2O/c1-14(2)7-3-4-10-8(5-7)11(15)9(12)6-13-10/h3-6H,1-2H3,(H,13,15). The van der Waals surface area contributed by atoms with E-state index in [1.165, 1.54) is 0 Å². The molecule has 15 heavy (non-hydrogen) atoms. The zero-order valence-corrected chi connectivity index (χ0v) is 10.1. The third kappa shape index (κ3) is 1.77. The van der Waals surface area contributed by atoms with Crippen LogP contribution < -0.4 is 10.3 Å². The molecule has 0 aliphatic carbocycles. The Morgan fingerprint density at radius 2 is 2.07 bits per heavy atom. The first-order valence-electron chi connectivity index (χ1n) is 4.58. The number of fused-ring (bicyclic) bond motifs is 1. The molecule has 0 spiro atoms. The molecule has 1 N–H and O–H groups in total. The van der Waals surface area contributed by atoms with Crippen LogP contribution in [0.25, 0.3) is 10.9 Å². The molecule has 0 saturated carbocycles. The summed E-state index contributed by atoms with van der Waals surface area (Å²) in [5.74, 6) is 0. The van der Waals surface area contributed by atoms with Crippen LogP contribution in [0.3, 0.4) is 0 Å². The van der Waals surface area contributed by atoms with Crippen molar-refractivity contribution in [2.75, 3.05) is 19.0 Å². The van der Waals surface area contributed by atoms with Crippen molar-refractivity contribution in [2.24, 2.45) is 0 Å². The Labute approximate surface area is 95.9 Å². The molecular formula is C11H11BrN2O. The molecule has 1 aromatic carbocycles. The zero-order chi connectivity index (χ0) is 11.0. The van der Waals surface area contributed by atoms with Crippen LogP contribution in [0, 0.1) is 0 Å². The fraction of sp³-hybridized carbons (Fsp3) is 0.182. The Kier molecular flexibility index (Phi) is 2.52. The van der Waals surface area contributed by atoms with Crippen LogP contribution in [0.4, 0.5) is 5.69 Å². The molecule has 3 nitrogen and oxygen atoms in total. The van der Waals surface area contributed by atoms with Gasteiger partial charge in [-0.3, -0.25) is 4.79 Å². The van der Waals surface area contributed by atoms with Crippen LogP contribution in [0.2, 0.25) is 0 Å². The van der Waals surface area contributed by atoms with Gasteiger partial charge in [-0.15, -0.1) is 0 Å². The minimum absolute atomic E-state index is 0.0208. The number of anilines is 1. The van der Waals surface area contributed by atoms with E-state index in [9.17, 15) is 4.79 Å². The van der Waals surface area contributed by atoms with Gasteiger partial charge in [0.1, 0.15) is 0 Å². The van der Waals surface area contributed by atoms with Crippen molar-refractivity contribution in [1.82, 2.24) is 4.98 Å². The van der Waals surface area contributed by atoms with E-state index in [0.29, 0.717) is 9.86 Å². The smallest absolute Gasteiger partial charge is 0.203 e. The summed E-state index contributed by atoms with van der Waals surface area (Å²) in [6.45, 7) is 0. The summed E-state index contributed by atoms with van der Waals surface area (Å²) in [7, 11) is 3.90. The molecule has 0 atom stereocenters. The molecule has 0 aliphatic heterocycles. The van der Waals surface area contributed by atoms with E-state index >= 15 is 0 Å². The Bertz CT molecular complexity index is 560. The van der Waals surface area contributed by atoms with E-state index in [2.05, 4.69) is 20.9 Å². The number of nitrogens with one attached hydrogen (secondary N) is 1. The summed E-state index contributed by atoms with van der Waals surface area (Å²) in [5.41, 5.74) is 1.90. The zero-order valence-electron chi connectivity index (χ0n) is 8.54. The first-order chi connectivity index (χ1) is 7.09. The average Bonchev–Trinajstić information content (AvgIpc) is 2.23. The molecule has 0 bridgehead atoms. The quantitative estimate of drug-likeness (QED) is 0.861. The number of pyridine rings is 1. The molecule has 1 heterocycles. The normalized spacial score (nSPS) is 10.6. The van der Waals surface area contributed by atoms with Crippen LogP contribution in [0.5, 0.6) is 0 Å². The predicted octanol–water partition coefficient (Wildman–Crippen LogP) is 2.36. The van der Waals surface area contributed by atoms with Gasteiger partial charge in [-0.1, -0.05) is 0 Å². The SMILES string of the molecule is CN(C)c1ccc2[nH]cc(Br)c(=O)c2c1. The Hall–Kier alpha value is -1.29. The highest BCUT2D eigenvalue weighted by molar-refractivity contribution is 9.10. The summed E-state index contributed by atoms with van der Waals surface area (Å²) >= 11 is 3.22. The minimum atomic E-state index is 0.0208. The lowest BCUT2D eigenvalue weighted by Gasteiger charge is -2.12. The number of nitrogens with zero attached hydrogens (tertiary/aromatic N) is 1. The van der Waals surface area contributed by atoms with E-state index in [4.69, 9.17) is 0 Å². The topological polar surface area (TPSA) is 36.1 Å². The second-order valence-electron chi connectivity index (χ2n) is 3.59. The van der Waals surface area contributed by atoms with Gasteiger partial charge < -0.3 is 9.88 Å². The molecular weight excluding hydrogens is 256 g/mol. The highest BCUT2D eigenvalue weighted by atomic mass is 79.9. The van der Waals surface area contributed by atoms with Gasteiger partial charge in [-0.05, 0) is 34.1 Å². The van der Waals surface area contributed by atoms with Crippen molar-refractivity contribution in [3.05, 3.63) is 39.1 Å². The van der Waals surface area contributed by atoms with Gasteiger partial charge in [-0.25, -0.2) is 0 Å². The van der Waals surface area contributed by atoms with Gasteiger partial charge in [0.2, 0.25) is 5.43 Å². The van der Waals surface area contributed by atoms with Gasteiger partial charge in [0.15, 0.2) is 0 Å². The third-order valence-electron chi connectivity index (χ3n) is 2.34. The van der Waals surface area contributed by atoms with E-state index in [1.807, 2.05) is 37.2 Å². The van der Waals surface area contributed by atoms with Gasteiger partial charge in [0.25, 0.3) is 0 Å². The molecule has 2 rings (SSSR count). The number of rotatable bonds is 1. The number of hydrogen-bond donors (Lipinski definition) is 1. The highest BCUT2D eigenvalue weighted by Gasteiger charge is 2.04. The summed E-state index contributed by atoms with van der Waals surface area (Å²) in [6, 6.07) is 5.78. The molecule has 0 radical (unpaired) electrons. The third-order valence-corrected chi connectivity index (χ3v) is 2.92. The Morgan fingerprint density at radius 3 is 2.73 bits per heavy atom. The van der Waals surface area contributed by atoms with Gasteiger partial charge in [-0.2, -0.15) is 0 Å². The molecule has 4 heteroatoms. The van der Waals surface area contributed by atoms with Crippen LogP contribution in [-0.2, 0) is 0 Å². The molecule has 0 amide bonds. The van der Waals surface area contributed by atoms with Gasteiger partial charge >= 0.3 is 0 Å². The molecule has 0 unspecified atom stereocenters. The molecule has 0 aliphatic rings. The Morgan fingerprint density at radius 1 is 1.33 bits per heavy atom. The maximum atomic E-state index is 11.8. The molecule has 1 aromatic heterocycles. The number of H-pyrrole nitrogens is 1. The van der Waals surface area contributed by atoms with Gasteiger partial charge in [0, 0.05) is 36.9 Å². The summed E-state index contributed by atoms with van der Waals surface area (Å²) in [4.78, 5) is 16.9. The second-order valence-corrected chi connectivity index (χ2v) is 4.44. The van der Waals surface area contributed by atoms with Crippen LogP contribution in [0.1, 0.15) is 0 Å². The number of aromatic amines is 1. The summed E-state index contributed by atoms with van der Waals surface area (Å²) in [6.07, 6.45) is 1.67. The molecule has 0 fully saturated rings. The summed E-state index contributed by atoms with van der Waals surface area (Å²) < 4.78 is 0.561. The van der Waals surface area contributed by atoms with E-state index in [0.717, 1.165) is 11.2 Å². The first-order valence-corrected chi connectivity index (χ1v) is 5.37. The van der Waals surface area contributed by atoms with Crippen molar-refractivity contribution in [3.8, 4) is 0 Å². The Balaban J connectivity index is 2.80. The number of halogens is 1. The van der Waals surface area contributed by atoms with E-state index in [1.54, 1.807) is 6.20 Å². The molecule has 2 aromatic rings. The number of hydrogen-bond acceptors (Lipinski definition) is 2. The largest absolute Gasteiger partial charge is 0.378 e. The molecule has 78 valence electrons. The fourth-order valence-corrected chi connectivity index (χ4v) is 1.79. The predicted molar refractivity (Wildman–Crippen MR) is 66.6 cm³/mol. The lowest BCUT2D eigenvalue weighted by atomic mass is 10.2. The van der Waals surface area contributed by atoms with E-state index in [-0.39, 0.29) is 5.43 Å². The monoisotopic (exact) mass is 266 g/mol. The maximum Gasteiger partial charge on any atom is 0.203 e. The van der Waals surface area contributed by atoms with Crippen LogP contribution >= 0.6 is 15.9 Å². The maximum absolute atomic E-state index is 11.8.